The van der Waals surface area contributed by atoms with Crippen molar-refractivity contribution in [2.75, 3.05) is 7.05 Å². The van der Waals surface area contributed by atoms with Gasteiger partial charge in [0.15, 0.2) is 17.4 Å². The number of rotatable bonds is 5. The summed E-state index contributed by atoms with van der Waals surface area (Å²) >= 11 is 3.44. The molecule has 4 aromatic rings. The van der Waals surface area contributed by atoms with Crippen molar-refractivity contribution >= 4 is 51.5 Å². The zero-order valence-electron chi connectivity index (χ0n) is 15.7. The van der Waals surface area contributed by atoms with Gasteiger partial charge in [0.1, 0.15) is 11.5 Å². The van der Waals surface area contributed by atoms with Crippen LogP contribution in [0.15, 0.2) is 74.7 Å². The Morgan fingerprint density at radius 1 is 1.03 bits per heavy atom. The van der Waals surface area contributed by atoms with E-state index in [0.29, 0.717) is 19.0 Å². The quantitative estimate of drug-likeness (QED) is 0.215. The van der Waals surface area contributed by atoms with E-state index in [1.54, 1.807) is 7.05 Å². The highest BCUT2D eigenvalue weighted by Crippen LogP contribution is 2.23. The maximum atomic E-state index is 5.93. The van der Waals surface area contributed by atoms with Crippen LogP contribution >= 0.6 is 39.9 Å². The fourth-order valence-corrected chi connectivity index (χ4v) is 3.07. The van der Waals surface area contributed by atoms with Crippen molar-refractivity contribution in [1.29, 1.82) is 0 Å². The van der Waals surface area contributed by atoms with E-state index in [4.69, 9.17) is 4.42 Å². The van der Waals surface area contributed by atoms with Crippen molar-refractivity contribution in [3.05, 3.63) is 76.9 Å². The summed E-state index contributed by atoms with van der Waals surface area (Å²) in [7, 11) is 1.73. The predicted octanol–water partition coefficient (Wildman–Crippen LogP) is 4.24. The lowest BCUT2D eigenvalue weighted by Gasteiger charge is -2.10. The van der Waals surface area contributed by atoms with Crippen molar-refractivity contribution in [1.82, 2.24) is 25.2 Å². The molecule has 9 heteroatoms. The monoisotopic (exact) mass is 566 g/mol. The van der Waals surface area contributed by atoms with Crippen LogP contribution in [0.3, 0.4) is 0 Å². The van der Waals surface area contributed by atoms with Crippen LogP contribution in [0.5, 0.6) is 0 Å². The largest absolute Gasteiger partial charge is 0.459 e. The molecule has 0 saturated carbocycles. The van der Waals surface area contributed by atoms with Gasteiger partial charge >= 0.3 is 0 Å². The molecule has 0 aliphatic heterocycles. The van der Waals surface area contributed by atoms with Gasteiger partial charge in [-0.05, 0) is 36.4 Å². The number of hydrogen-bond donors (Lipinski definition) is 2. The van der Waals surface area contributed by atoms with E-state index in [1.165, 1.54) is 0 Å². The van der Waals surface area contributed by atoms with Gasteiger partial charge in [0.2, 0.25) is 0 Å². The standard InChI is InChI=1S/C20H19BrN6O.HI/c1-22-20(24-13-19-26-25-18-4-2-3-11-27(18)19)23-12-16-9-10-17(28-16)14-5-7-15(21)8-6-14;/h2-11H,12-13H2,1H3,(H2,22,23,24);1H. The highest BCUT2D eigenvalue weighted by Gasteiger charge is 2.08. The molecule has 3 heterocycles. The summed E-state index contributed by atoms with van der Waals surface area (Å²) in [5.74, 6) is 3.14. The van der Waals surface area contributed by atoms with Gasteiger partial charge in [-0.2, -0.15) is 0 Å². The number of nitrogens with one attached hydrogen (secondary N) is 2. The van der Waals surface area contributed by atoms with E-state index < -0.39 is 0 Å². The summed E-state index contributed by atoms with van der Waals surface area (Å²) in [5.41, 5.74) is 1.86. The van der Waals surface area contributed by atoms with Crippen LogP contribution in [-0.4, -0.2) is 27.6 Å². The zero-order valence-corrected chi connectivity index (χ0v) is 19.6. The zero-order chi connectivity index (χ0) is 19.3. The molecule has 0 fully saturated rings. The van der Waals surface area contributed by atoms with Crippen molar-refractivity contribution in [3.63, 3.8) is 0 Å². The molecule has 0 saturated heterocycles. The highest BCUT2D eigenvalue weighted by molar-refractivity contribution is 14.0. The maximum absolute atomic E-state index is 5.93. The molecule has 0 amide bonds. The molecule has 0 bridgehead atoms. The second-order valence-electron chi connectivity index (χ2n) is 6.10. The summed E-state index contributed by atoms with van der Waals surface area (Å²) in [4.78, 5) is 4.25. The van der Waals surface area contributed by atoms with Crippen LogP contribution in [0.25, 0.3) is 17.0 Å². The first-order chi connectivity index (χ1) is 13.7. The maximum Gasteiger partial charge on any atom is 0.191 e. The van der Waals surface area contributed by atoms with Crippen LogP contribution in [-0.2, 0) is 13.1 Å². The van der Waals surface area contributed by atoms with Crippen LogP contribution in [0.1, 0.15) is 11.6 Å². The van der Waals surface area contributed by atoms with Gasteiger partial charge in [0, 0.05) is 23.3 Å². The van der Waals surface area contributed by atoms with E-state index >= 15 is 0 Å². The molecule has 0 radical (unpaired) electrons. The van der Waals surface area contributed by atoms with Gasteiger partial charge in [-0.1, -0.05) is 34.1 Å². The number of halogens is 2. The summed E-state index contributed by atoms with van der Waals surface area (Å²) in [6.07, 6.45) is 1.94. The van der Waals surface area contributed by atoms with Crippen LogP contribution < -0.4 is 10.6 Å². The Morgan fingerprint density at radius 3 is 2.62 bits per heavy atom. The highest BCUT2D eigenvalue weighted by atomic mass is 127. The Bertz CT molecular complexity index is 1110. The smallest absolute Gasteiger partial charge is 0.191 e. The average molecular weight is 567 g/mol. The number of furan rings is 1. The molecular weight excluding hydrogens is 547 g/mol. The molecule has 0 spiro atoms. The molecule has 150 valence electrons. The van der Waals surface area contributed by atoms with E-state index in [2.05, 4.69) is 41.8 Å². The first-order valence-corrected chi connectivity index (χ1v) is 9.60. The number of nitrogens with zero attached hydrogens (tertiary/aromatic N) is 4. The van der Waals surface area contributed by atoms with Gasteiger partial charge < -0.3 is 15.1 Å². The third-order valence-corrected chi connectivity index (χ3v) is 4.77. The molecule has 3 aromatic heterocycles. The Kier molecular flexibility index (Phi) is 7.26. The topological polar surface area (TPSA) is 79.8 Å². The number of benzene rings is 1. The number of hydrogen-bond acceptors (Lipinski definition) is 4. The SMILES string of the molecule is CN=C(NCc1ccc(-c2ccc(Br)cc2)o1)NCc1nnc2ccccn12.I. The molecular formula is C20H20BrIN6O. The average Bonchev–Trinajstić information content (AvgIpc) is 3.36. The van der Waals surface area contributed by atoms with E-state index in [-0.39, 0.29) is 24.0 Å². The van der Waals surface area contributed by atoms with Gasteiger partial charge in [-0.15, -0.1) is 34.2 Å². The Labute approximate surface area is 193 Å². The number of aliphatic imine (C=N–C) groups is 1. The van der Waals surface area contributed by atoms with Crippen molar-refractivity contribution in [3.8, 4) is 11.3 Å². The Morgan fingerprint density at radius 2 is 1.83 bits per heavy atom. The summed E-state index contributed by atoms with van der Waals surface area (Å²) in [5, 5.41) is 14.9. The predicted molar refractivity (Wildman–Crippen MR) is 127 cm³/mol. The second-order valence-corrected chi connectivity index (χ2v) is 7.01. The number of guanidine groups is 1. The van der Waals surface area contributed by atoms with Crippen LogP contribution in [0, 0.1) is 0 Å². The normalized spacial score (nSPS) is 11.3. The summed E-state index contributed by atoms with van der Waals surface area (Å²) in [6, 6.07) is 17.8. The molecule has 0 aliphatic carbocycles. The fourth-order valence-electron chi connectivity index (χ4n) is 2.81. The van der Waals surface area contributed by atoms with Crippen molar-refractivity contribution < 1.29 is 4.42 Å². The van der Waals surface area contributed by atoms with Crippen LogP contribution in [0.2, 0.25) is 0 Å². The van der Waals surface area contributed by atoms with Gasteiger partial charge in [-0.25, -0.2) is 0 Å². The first-order valence-electron chi connectivity index (χ1n) is 8.81. The minimum atomic E-state index is 0. The second kappa shape index (κ2) is 9.88. The van der Waals surface area contributed by atoms with Crippen LogP contribution in [0.4, 0.5) is 0 Å². The first kappa shape index (κ1) is 21.3. The molecule has 0 aliphatic rings. The molecule has 29 heavy (non-hydrogen) atoms. The van der Waals surface area contributed by atoms with E-state index in [9.17, 15) is 0 Å². The van der Waals surface area contributed by atoms with Gasteiger partial charge in [0.05, 0.1) is 13.1 Å². The minimum Gasteiger partial charge on any atom is -0.459 e. The Hall–Kier alpha value is -2.40. The third kappa shape index (κ3) is 5.15. The summed E-state index contributed by atoms with van der Waals surface area (Å²) in [6.45, 7) is 1.03. The third-order valence-electron chi connectivity index (χ3n) is 4.24. The molecule has 4 rings (SSSR count). The summed E-state index contributed by atoms with van der Waals surface area (Å²) < 4.78 is 8.91. The lowest BCUT2D eigenvalue weighted by Crippen LogP contribution is -2.36. The lowest BCUT2D eigenvalue weighted by atomic mass is 10.2. The van der Waals surface area contributed by atoms with Crippen molar-refractivity contribution in [2.24, 2.45) is 4.99 Å². The number of aromatic nitrogens is 3. The van der Waals surface area contributed by atoms with Crippen molar-refractivity contribution in [2.45, 2.75) is 13.1 Å². The fraction of sp³-hybridized carbons (Fsp3) is 0.150. The Balaban J connectivity index is 0.00000240. The molecule has 7 nitrogen and oxygen atoms in total. The molecule has 2 N–H and O–H groups in total. The van der Waals surface area contributed by atoms with E-state index in [1.807, 2.05) is 65.2 Å². The van der Waals surface area contributed by atoms with Gasteiger partial charge in [-0.3, -0.25) is 9.39 Å². The van der Waals surface area contributed by atoms with E-state index in [0.717, 1.165) is 33.0 Å². The molecule has 0 unspecified atom stereocenters. The number of fused-ring (bicyclic) bond motifs is 1. The molecule has 1 aromatic carbocycles. The minimum absolute atomic E-state index is 0. The lowest BCUT2D eigenvalue weighted by molar-refractivity contribution is 0.513. The number of pyridine rings is 1. The molecule has 0 atom stereocenters. The van der Waals surface area contributed by atoms with Gasteiger partial charge in [0.25, 0.3) is 0 Å².